The van der Waals surface area contributed by atoms with Gasteiger partial charge >= 0.3 is 0 Å². The second-order valence-electron chi connectivity index (χ2n) is 3.20. The van der Waals surface area contributed by atoms with Crippen molar-refractivity contribution in [3.8, 4) is 0 Å². The first-order valence-electron chi connectivity index (χ1n) is 4.84. The Morgan fingerprint density at radius 1 is 1.20 bits per heavy atom. The third kappa shape index (κ3) is 5.33. The Morgan fingerprint density at radius 3 is 2.47 bits per heavy atom. The van der Waals surface area contributed by atoms with Gasteiger partial charge in [-0.15, -0.1) is 0 Å². The van der Waals surface area contributed by atoms with Crippen LogP contribution in [0.15, 0.2) is 28.7 Å². The van der Waals surface area contributed by atoms with E-state index in [1.54, 1.807) is 0 Å². The highest BCUT2D eigenvalue weighted by atomic mass is 79.9. The maximum atomic E-state index is 11.4. The Morgan fingerprint density at radius 2 is 1.87 bits per heavy atom. The minimum absolute atomic E-state index is 0.0817. The van der Waals surface area contributed by atoms with Gasteiger partial charge in [0.15, 0.2) is 0 Å². The fourth-order valence-electron chi connectivity index (χ4n) is 1.14. The summed E-state index contributed by atoms with van der Waals surface area (Å²) >= 11 is 6.68. The van der Waals surface area contributed by atoms with Crippen LogP contribution in [0.1, 0.15) is 19.3 Å². The molecule has 0 bridgehead atoms. The average Bonchev–Trinajstić information content (AvgIpc) is 2.22. The van der Waals surface area contributed by atoms with Crippen molar-refractivity contribution in [2.45, 2.75) is 19.3 Å². The van der Waals surface area contributed by atoms with Crippen LogP contribution in [0.5, 0.6) is 0 Å². The average molecular weight is 335 g/mol. The van der Waals surface area contributed by atoms with E-state index in [0.29, 0.717) is 6.42 Å². The Balaban J connectivity index is 2.34. The molecule has 0 atom stereocenters. The van der Waals surface area contributed by atoms with Crippen LogP contribution in [0.25, 0.3) is 0 Å². The smallest absolute Gasteiger partial charge is 0.224 e. The Labute approximate surface area is 107 Å². The lowest BCUT2D eigenvalue weighted by atomic mass is 10.2. The molecule has 0 radical (unpaired) electrons. The van der Waals surface area contributed by atoms with Crippen molar-refractivity contribution < 1.29 is 4.79 Å². The summed E-state index contributed by atoms with van der Waals surface area (Å²) in [6.45, 7) is 0. The Bertz CT molecular complexity index is 311. The minimum atomic E-state index is 0.0817. The molecule has 82 valence electrons. The summed E-state index contributed by atoms with van der Waals surface area (Å²) in [4.78, 5) is 11.4. The molecular formula is C11H13Br2NO. The van der Waals surface area contributed by atoms with Gasteiger partial charge < -0.3 is 5.32 Å². The number of nitrogens with one attached hydrogen (secondary N) is 1. The standard InChI is InChI=1S/C11H13Br2NO/c12-8-2-1-3-11(15)14-10-6-4-9(13)5-7-10/h4-7H,1-3,8H2,(H,14,15). The van der Waals surface area contributed by atoms with Crippen LogP contribution < -0.4 is 5.32 Å². The van der Waals surface area contributed by atoms with E-state index in [2.05, 4.69) is 37.2 Å². The number of rotatable bonds is 5. The molecule has 0 fully saturated rings. The van der Waals surface area contributed by atoms with Gasteiger partial charge in [0.2, 0.25) is 5.91 Å². The van der Waals surface area contributed by atoms with Gasteiger partial charge in [0.05, 0.1) is 0 Å². The van der Waals surface area contributed by atoms with E-state index in [0.717, 1.165) is 28.3 Å². The number of amides is 1. The Hall–Kier alpha value is -0.350. The number of anilines is 1. The predicted octanol–water partition coefficient (Wildman–Crippen LogP) is 3.95. The topological polar surface area (TPSA) is 29.1 Å². The van der Waals surface area contributed by atoms with Crippen LogP contribution in [-0.4, -0.2) is 11.2 Å². The lowest BCUT2D eigenvalue weighted by molar-refractivity contribution is -0.116. The molecule has 4 heteroatoms. The first-order valence-corrected chi connectivity index (χ1v) is 6.75. The van der Waals surface area contributed by atoms with E-state index in [-0.39, 0.29) is 5.91 Å². The zero-order valence-corrected chi connectivity index (χ0v) is 11.5. The van der Waals surface area contributed by atoms with Gasteiger partial charge in [-0.1, -0.05) is 31.9 Å². The van der Waals surface area contributed by atoms with Crippen LogP contribution in [0.3, 0.4) is 0 Å². The highest BCUT2D eigenvalue weighted by Crippen LogP contribution is 2.14. The molecule has 0 saturated heterocycles. The normalized spacial score (nSPS) is 10.0. The number of carbonyl (C=O) groups excluding carboxylic acids is 1. The molecule has 0 heterocycles. The van der Waals surface area contributed by atoms with E-state index >= 15 is 0 Å². The Kier molecular flexibility index (Phi) is 5.95. The maximum Gasteiger partial charge on any atom is 0.224 e. The molecule has 0 aliphatic rings. The summed E-state index contributed by atoms with van der Waals surface area (Å²) in [6.07, 6.45) is 2.54. The summed E-state index contributed by atoms with van der Waals surface area (Å²) in [6, 6.07) is 7.58. The molecule has 1 aromatic carbocycles. The SMILES string of the molecule is O=C(CCCCBr)Nc1ccc(Br)cc1. The number of hydrogen-bond donors (Lipinski definition) is 1. The molecule has 1 N–H and O–H groups in total. The van der Waals surface area contributed by atoms with Gasteiger partial charge in [0.1, 0.15) is 0 Å². The van der Waals surface area contributed by atoms with Crippen molar-refractivity contribution >= 4 is 43.5 Å². The first-order chi connectivity index (χ1) is 7.22. The largest absolute Gasteiger partial charge is 0.326 e. The van der Waals surface area contributed by atoms with Crippen molar-refractivity contribution in [2.75, 3.05) is 10.6 Å². The highest BCUT2D eigenvalue weighted by molar-refractivity contribution is 9.10. The third-order valence-corrected chi connectivity index (χ3v) is 3.00. The van der Waals surface area contributed by atoms with E-state index in [1.807, 2.05) is 24.3 Å². The fraction of sp³-hybridized carbons (Fsp3) is 0.364. The van der Waals surface area contributed by atoms with E-state index in [1.165, 1.54) is 0 Å². The summed E-state index contributed by atoms with van der Waals surface area (Å²) in [5.74, 6) is 0.0817. The number of halogens is 2. The molecule has 1 rings (SSSR count). The quantitative estimate of drug-likeness (QED) is 0.641. The van der Waals surface area contributed by atoms with Gasteiger partial charge in [-0.05, 0) is 37.1 Å². The zero-order chi connectivity index (χ0) is 11.1. The van der Waals surface area contributed by atoms with Gasteiger partial charge in [-0.2, -0.15) is 0 Å². The lowest BCUT2D eigenvalue weighted by Gasteiger charge is -2.04. The van der Waals surface area contributed by atoms with Crippen LogP contribution in [0.4, 0.5) is 5.69 Å². The van der Waals surface area contributed by atoms with Gasteiger partial charge in [-0.3, -0.25) is 4.79 Å². The van der Waals surface area contributed by atoms with Crippen LogP contribution in [0.2, 0.25) is 0 Å². The molecule has 1 amide bonds. The molecule has 0 unspecified atom stereocenters. The maximum absolute atomic E-state index is 11.4. The second-order valence-corrected chi connectivity index (χ2v) is 4.91. The second kappa shape index (κ2) is 7.01. The fourth-order valence-corrected chi connectivity index (χ4v) is 1.80. The van der Waals surface area contributed by atoms with Crippen LogP contribution in [0, 0.1) is 0 Å². The number of alkyl halides is 1. The molecule has 0 aliphatic carbocycles. The zero-order valence-electron chi connectivity index (χ0n) is 8.30. The number of hydrogen-bond acceptors (Lipinski definition) is 1. The lowest BCUT2D eigenvalue weighted by Crippen LogP contribution is -2.10. The van der Waals surface area contributed by atoms with E-state index in [9.17, 15) is 4.79 Å². The first kappa shape index (κ1) is 12.7. The molecule has 0 saturated carbocycles. The van der Waals surface area contributed by atoms with Crippen molar-refractivity contribution in [3.05, 3.63) is 28.7 Å². The van der Waals surface area contributed by atoms with E-state index < -0.39 is 0 Å². The number of unbranched alkanes of at least 4 members (excludes halogenated alkanes) is 1. The molecule has 0 spiro atoms. The molecule has 15 heavy (non-hydrogen) atoms. The van der Waals surface area contributed by atoms with Gasteiger partial charge in [-0.25, -0.2) is 0 Å². The third-order valence-electron chi connectivity index (χ3n) is 1.92. The van der Waals surface area contributed by atoms with Crippen molar-refractivity contribution in [2.24, 2.45) is 0 Å². The van der Waals surface area contributed by atoms with Crippen molar-refractivity contribution in [3.63, 3.8) is 0 Å². The minimum Gasteiger partial charge on any atom is -0.326 e. The summed E-state index contributed by atoms with van der Waals surface area (Å²) in [5, 5.41) is 3.81. The van der Waals surface area contributed by atoms with Gasteiger partial charge in [0.25, 0.3) is 0 Å². The predicted molar refractivity (Wildman–Crippen MR) is 70.4 cm³/mol. The monoisotopic (exact) mass is 333 g/mol. The van der Waals surface area contributed by atoms with E-state index in [4.69, 9.17) is 0 Å². The molecule has 2 nitrogen and oxygen atoms in total. The highest BCUT2D eigenvalue weighted by Gasteiger charge is 2.01. The molecule has 0 aliphatic heterocycles. The molecular weight excluding hydrogens is 322 g/mol. The van der Waals surface area contributed by atoms with Crippen LogP contribution in [-0.2, 0) is 4.79 Å². The summed E-state index contributed by atoms with van der Waals surface area (Å²) in [5.41, 5.74) is 0.849. The number of benzene rings is 1. The number of carbonyl (C=O) groups is 1. The van der Waals surface area contributed by atoms with Crippen LogP contribution >= 0.6 is 31.9 Å². The molecule has 1 aromatic rings. The summed E-state index contributed by atoms with van der Waals surface area (Å²) < 4.78 is 1.01. The summed E-state index contributed by atoms with van der Waals surface area (Å²) in [7, 11) is 0. The van der Waals surface area contributed by atoms with Crippen molar-refractivity contribution in [1.82, 2.24) is 0 Å². The van der Waals surface area contributed by atoms with Gasteiger partial charge in [0, 0.05) is 21.9 Å². The van der Waals surface area contributed by atoms with Crippen molar-refractivity contribution in [1.29, 1.82) is 0 Å². The molecule has 0 aromatic heterocycles.